The molecule has 0 unspecified atom stereocenters. The third-order valence-corrected chi connectivity index (χ3v) is 4.85. The molecule has 1 heterocycles. The normalized spacial score (nSPS) is 11.1. The summed E-state index contributed by atoms with van der Waals surface area (Å²) in [5.41, 5.74) is 2.84. The number of nitro benzene ring substituents is 1. The van der Waals surface area contributed by atoms with Gasteiger partial charge in [0.25, 0.3) is 5.69 Å². The van der Waals surface area contributed by atoms with Crippen molar-refractivity contribution < 1.29 is 9.72 Å². The van der Waals surface area contributed by atoms with Crippen molar-refractivity contribution in [1.29, 1.82) is 0 Å². The number of carbonyl (C=O) groups is 1. The number of para-hydroxylation sites is 1. The molecule has 146 valence electrons. The predicted octanol–water partition coefficient (Wildman–Crippen LogP) is 3.52. The Morgan fingerprint density at radius 1 is 1.25 bits per heavy atom. The van der Waals surface area contributed by atoms with Crippen molar-refractivity contribution in [2.24, 2.45) is 0 Å². The van der Waals surface area contributed by atoms with Crippen LogP contribution in [0.15, 0.2) is 48.7 Å². The predicted molar refractivity (Wildman–Crippen MR) is 109 cm³/mol. The van der Waals surface area contributed by atoms with Crippen LogP contribution in [-0.4, -0.2) is 40.9 Å². The number of aromatic amines is 1. The molecule has 28 heavy (non-hydrogen) atoms. The fourth-order valence-electron chi connectivity index (χ4n) is 3.12. The van der Waals surface area contributed by atoms with Crippen molar-refractivity contribution in [2.45, 2.75) is 13.0 Å². The first-order valence-corrected chi connectivity index (χ1v) is 9.25. The molecule has 0 saturated heterocycles. The molecular formula is C20H21ClN4O3. The number of rotatable bonds is 8. The fraction of sp³-hybridized carbons (Fsp3) is 0.250. The van der Waals surface area contributed by atoms with E-state index in [1.165, 1.54) is 18.2 Å². The molecule has 0 bridgehead atoms. The van der Waals surface area contributed by atoms with Crippen LogP contribution in [0, 0.1) is 10.1 Å². The number of likely N-dealkylation sites (N-methyl/N-ethyl adjacent to an activating group) is 1. The quantitative estimate of drug-likeness (QED) is 0.447. The van der Waals surface area contributed by atoms with E-state index in [0.29, 0.717) is 23.7 Å². The van der Waals surface area contributed by atoms with Crippen molar-refractivity contribution in [3.63, 3.8) is 0 Å². The van der Waals surface area contributed by atoms with Gasteiger partial charge in [0.05, 0.1) is 11.5 Å². The van der Waals surface area contributed by atoms with Crippen molar-refractivity contribution >= 4 is 34.1 Å². The highest BCUT2D eigenvalue weighted by Crippen LogP contribution is 2.23. The summed E-state index contributed by atoms with van der Waals surface area (Å²) in [4.78, 5) is 27.6. The molecule has 1 aromatic heterocycles. The van der Waals surface area contributed by atoms with Crippen LogP contribution in [0.25, 0.3) is 10.9 Å². The number of aromatic nitrogens is 1. The standard InChI is InChI=1S/C20H21ClN4O3/c1-24(12-15-10-16(25(27)28)6-7-18(15)21)13-20(26)22-9-8-14-11-23-19-5-3-2-4-17(14)19/h2-7,10-11,23H,8-9,12-13H2,1H3,(H,22,26). The van der Waals surface area contributed by atoms with E-state index in [2.05, 4.69) is 16.4 Å². The van der Waals surface area contributed by atoms with Crippen LogP contribution in [0.2, 0.25) is 5.02 Å². The van der Waals surface area contributed by atoms with E-state index in [1.807, 2.05) is 24.4 Å². The van der Waals surface area contributed by atoms with Gasteiger partial charge in [0.15, 0.2) is 0 Å². The first-order valence-electron chi connectivity index (χ1n) is 8.87. The van der Waals surface area contributed by atoms with Crippen LogP contribution in [0.3, 0.4) is 0 Å². The summed E-state index contributed by atoms with van der Waals surface area (Å²) in [7, 11) is 1.77. The number of carbonyl (C=O) groups excluding carboxylic acids is 1. The highest BCUT2D eigenvalue weighted by Gasteiger charge is 2.13. The number of nitro groups is 1. The minimum atomic E-state index is -0.461. The van der Waals surface area contributed by atoms with Crippen molar-refractivity contribution in [1.82, 2.24) is 15.2 Å². The average Bonchev–Trinajstić information content (AvgIpc) is 3.06. The maximum atomic E-state index is 12.2. The number of amides is 1. The maximum absolute atomic E-state index is 12.2. The molecule has 0 radical (unpaired) electrons. The van der Waals surface area contributed by atoms with E-state index in [1.54, 1.807) is 11.9 Å². The second-order valence-electron chi connectivity index (χ2n) is 6.66. The van der Waals surface area contributed by atoms with Gasteiger partial charge in [0, 0.05) is 47.3 Å². The third kappa shape index (κ3) is 4.88. The number of hydrogen-bond acceptors (Lipinski definition) is 4. The lowest BCUT2D eigenvalue weighted by molar-refractivity contribution is -0.384. The van der Waals surface area contributed by atoms with E-state index in [9.17, 15) is 14.9 Å². The Balaban J connectivity index is 1.49. The maximum Gasteiger partial charge on any atom is 0.269 e. The number of benzene rings is 2. The SMILES string of the molecule is CN(CC(=O)NCCc1c[nH]c2ccccc12)Cc1cc([N+](=O)[O-])ccc1Cl. The molecule has 0 aliphatic rings. The summed E-state index contributed by atoms with van der Waals surface area (Å²) in [6.45, 7) is 1.05. The summed E-state index contributed by atoms with van der Waals surface area (Å²) in [5.74, 6) is -0.108. The van der Waals surface area contributed by atoms with Gasteiger partial charge in [-0.25, -0.2) is 0 Å². The van der Waals surface area contributed by atoms with Crippen LogP contribution >= 0.6 is 11.6 Å². The van der Waals surface area contributed by atoms with Crippen molar-refractivity contribution in [3.8, 4) is 0 Å². The molecule has 0 aliphatic carbocycles. The average molecular weight is 401 g/mol. The van der Waals surface area contributed by atoms with Gasteiger partial charge < -0.3 is 10.3 Å². The van der Waals surface area contributed by atoms with Gasteiger partial charge >= 0.3 is 0 Å². The van der Waals surface area contributed by atoms with E-state index in [4.69, 9.17) is 11.6 Å². The highest BCUT2D eigenvalue weighted by molar-refractivity contribution is 6.31. The van der Waals surface area contributed by atoms with Gasteiger partial charge in [-0.05, 0) is 36.7 Å². The second-order valence-corrected chi connectivity index (χ2v) is 7.07. The molecule has 8 heteroatoms. The van der Waals surface area contributed by atoms with E-state index in [-0.39, 0.29) is 18.1 Å². The Morgan fingerprint density at radius 2 is 2.04 bits per heavy atom. The lowest BCUT2D eigenvalue weighted by Gasteiger charge is -2.17. The molecule has 1 amide bonds. The second kappa shape index (κ2) is 8.86. The van der Waals surface area contributed by atoms with Gasteiger partial charge in [-0.1, -0.05) is 29.8 Å². The Hall–Kier alpha value is -2.90. The fourth-order valence-corrected chi connectivity index (χ4v) is 3.30. The molecule has 0 fully saturated rings. The molecule has 3 rings (SSSR count). The highest BCUT2D eigenvalue weighted by atomic mass is 35.5. The van der Waals surface area contributed by atoms with Gasteiger partial charge in [0.2, 0.25) is 5.91 Å². The van der Waals surface area contributed by atoms with Gasteiger partial charge in [-0.3, -0.25) is 19.8 Å². The van der Waals surface area contributed by atoms with Gasteiger partial charge in [0.1, 0.15) is 0 Å². The lowest BCUT2D eigenvalue weighted by atomic mass is 10.1. The number of hydrogen-bond donors (Lipinski definition) is 2. The first kappa shape index (κ1) is 19.9. The zero-order chi connectivity index (χ0) is 20.1. The number of fused-ring (bicyclic) bond motifs is 1. The topological polar surface area (TPSA) is 91.3 Å². The van der Waals surface area contributed by atoms with Crippen molar-refractivity contribution in [3.05, 3.63) is 74.9 Å². The molecule has 2 N–H and O–H groups in total. The minimum Gasteiger partial charge on any atom is -0.361 e. The smallest absolute Gasteiger partial charge is 0.269 e. The van der Waals surface area contributed by atoms with Crippen LogP contribution in [0.5, 0.6) is 0 Å². The Morgan fingerprint density at radius 3 is 2.82 bits per heavy atom. The molecule has 2 aromatic carbocycles. The van der Waals surface area contributed by atoms with Crippen molar-refractivity contribution in [2.75, 3.05) is 20.1 Å². The molecule has 0 aliphatic heterocycles. The van der Waals surface area contributed by atoms with Crippen LogP contribution in [-0.2, 0) is 17.8 Å². The van der Waals surface area contributed by atoms with Crippen LogP contribution < -0.4 is 5.32 Å². The first-order chi connectivity index (χ1) is 13.4. The summed E-state index contributed by atoms with van der Waals surface area (Å²) in [6.07, 6.45) is 2.70. The van der Waals surface area contributed by atoms with E-state index < -0.39 is 4.92 Å². The lowest BCUT2D eigenvalue weighted by Crippen LogP contribution is -2.35. The zero-order valence-electron chi connectivity index (χ0n) is 15.4. The largest absolute Gasteiger partial charge is 0.361 e. The monoisotopic (exact) mass is 400 g/mol. The third-order valence-electron chi connectivity index (χ3n) is 4.49. The Kier molecular flexibility index (Phi) is 6.28. The van der Waals surface area contributed by atoms with Crippen LogP contribution in [0.4, 0.5) is 5.69 Å². The number of nitrogens with one attached hydrogen (secondary N) is 2. The summed E-state index contributed by atoms with van der Waals surface area (Å²) in [5, 5.41) is 15.4. The summed E-state index contributed by atoms with van der Waals surface area (Å²) in [6, 6.07) is 12.4. The number of halogens is 1. The molecule has 7 nitrogen and oxygen atoms in total. The van der Waals surface area contributed by atoms with E-state index >= 15 is 0 Å². The Labute approximate surface area is 167 Å². The molecule has 0 spiro atoms. The molecule has 0 saturated carbocycles. The zero-order valence-corrected chi connectivity index (χ0v) is 16.2. The number of nitrogens with zero attached hydrogens (tertiary/aromatic N) is 2. The molecule has 3 aromatic rings. The van der Waals surface area contributed by atoms with Gasteiger partial charge in [-0.2, -0.15) is 0 Å². The minimum absolute atomic E-state index is 0.0176. The molecule has 0 atom stereocenters. The Bertz CT molecular complexity index is 1000. The van der Waals surface area contributed by atoms with Gasteiger partial charge in [-0.15, -0.1) is 0 Å². The number of H-pyrrole nitrogens is 1. The van der Waals surface area contributed by atoms with Crippen LogP contribution in [0.1, 0.15) is 11.1 Å². The van der Waals surface area contributed by atoms with E-state index in [0.717, 1.165) is 22.9 Å². The summed E-state index contributed by atoms with van der Waals surface area (Å²) >= 11 is 6.12. The molecular weight excluding hydrogens is 380 g/mol. The number of non-ortho nitro benzene ring substituents is 1. The summed E-state index contributed by atoms with van der Waals surface area (Å²) < 4.78 is 0.